The van der Waals surface area contributed by atoms with Gasteiger partial charge in [0.05, 0.1) is 6.10 Å². The molecule has 0 aromatic heterocycles. The average Bonchev–Trinajstić information content (AvgIpc) is 2.68. The van der Waals surface area contributed by atoms with Crippen LogP contribution in [0.25, 0.3) is 0 Å². The number of hydrogen-bond acceptors (Lipinski definition) is 1. The Morgan fingerprint density at radius 3 is 2.06 bits per heavy atom. The van der Waals surface area contributed by atoms with Gasteiger partial charge in [-0.05, 0) is 115 Å². The standard InChI is InChI=1S/C30H50O/c1-25(2)15-16-27(5)17-18-29(7)21-9-10-22-26(3,4)24(31)12-13-28(22,6)20(21)11-14-30(29,8)23(27)19-25/h22-24,31H,9-19H2,1-8H3/t22-,23+,24+,27-,28-,29-,30+/m1/s1. The van der Waals surface area contributed by atoms with Crippen LogP contribution >= 0.6 is 0 Å². The van der Waals surface area contributed by atoms with E-state index in [-0.39, 0.29) is 11.5 Å². The second kappa shape index (κ2) is 6.43. The van der Waals surface area contributed by atoms with Crippen molar-refractivity contribution in [2.45, 2.75) is 132 Å². The molecule has 0 saturated heterocycles. The Balaban J connectivity index is 1.59. The highest BCUT2D eigenvalue weighted by atomic mass is 16.3. The van der Waals surface area contributed by atoms with Gasteiger partial charge in [0, 0.05) is 0 Å². The molecule has 3 saturated carbocycles. The van der Waals surface area contributed by atoms with Gasteiger partial charge in [-0.2, -0.15) is 0 Å². The van der Waals surface area contributed by atoms with E-state index in [4.69, 9.17) is 0 Å². The zero-order valence-corrected chi connectivity index (χ0v) is 22.0. The highest BCUT2D eigenvalue weighted by Crippen LogP contribution is 2.75. The SMILES string of the molecule is CC1(C)CC[C@]2(C)CC[C@]3(C)C4=C(CC[C@@]3(C)[C@H]2C1)[C@@]1(C)CC[C@H](O)C(C)(C)[C@H]1CC4. The minimum Gasteiger partial charge on any atom is -0.393 e. The predicted molar refractivity (Wildman–Crippen MR) is 131 cm³/mol. The molecular weight excluding hydrogens is 376 g/mol. The van der Waals surface area contributed by atoms with Crippen LogP contribution in [0.2, 0.25) is 0 Å². The van der Waals surface area contributed by atoms with Crippen molar-refractivity contribution in [3.05, 3.63) is 11.1 Å². The molecule has 176 valence electrons. The van der Waals surface area contributed by atoms with Crippen LogP contribution in [0.5, 0.6) is 0 Å². The molecular formula is C30H50O. The first kappa shape index (κ1) is 22.5. The maximum atomic E-state index is 10.9. The predicted octanol–water partition coefficient (Wildman–Crippen LogP) is 8.31. The molecule has 5 aliphatic carbocycles. The second-order valence-electron chi connectivity index (χ2n) is 15.2. The Morgan fingerprint density at radius 1 is 0.677 bits per heavy atom. The summed E-state index contributed by atoms with van der Waals surface area (Å²) in [6, 6.07) is 0. The minimum atomic E-state index is -0.128. The lowest BCUT2D eigenvalue weighted by Crippen LogP contribution is -2.61. The smallest absolute Gasteiger partial charge is 0.0594 e. The van der Waals surface area contributed by atoms with Gasteiger partial charge in [0.2, 0.25) is 0 Å². The summed E-state index contributed by atoms with van der Waals surface area (Å²) in [5, 5.41) is 10.9. The number of aliphatic hydroxyl groups is 1. The third-order valence-electron chi connectivity index (χ3n) is 13.0. The zero-order valence-electron chi connectivity index (χ0n) is 22.0. The summed E-state index contributed by atoms with van der Waals surface area (Å²) in [6.07, 6.45) is 14.5. The molecule has 1 heteroatoms. The van der Waals surface area contributed by atoms with E-state index in [1.54, 1.807) is 0 Å². The first-order valence-electron chi connectivity index (χ1n) is 13.6. The number of aliphatic hydroxyl groups excluding tert-OH is 1. The van der Waals surface area contributed by atoms with E-state index in [1.165, 1.54) is 64.2 Å². The number of fused-ring (bicyclic) bond motifs is 6. The van der Waals surface area contributed by atoms with Crippen molar-refractivity contribution in [1.82, 2.24) is 0 Å². The quantitative estimate of drug-likeness (QED) is 0.386. The van der Waals surface area contributed by atoms with Crippen molar-refractivity contribution >= 4 is 0 Å². The number of hydrogen-bond donors (Lipinski definition) is 1. The van der Waals surface area contributed by atoms with Crippen molar-refractivity contribution < 1.29 is 5.11 Å². The van der Waals surface area contributed by atoms with Crippen LogP contribution in [-0.4, -0.2) is 11.2 Å². The van der Waals surface area contributed by atoms with Crippen LogP contribution in [0.3, 0.4) is 0 Å². The lowest BCUT2D eigenvalue weighted by atomic mass is 9.35. The summed E-state index contributed by atoms with van der Waals surface area (Å²) < 4.78 is 0. The van der Waals surface area contributed by atoms with E-state index in [0.29, 0.717) is 33.0 Å². The van der Waals surface area contributed by atoms with Crippen LogP contribution in [0.1, 0.15) is 126 Å². The summed E-state index contributed by atoms with van der Waals surface area (Å²) >= 11 is 0. The van der Waals surface area contributed by atoms with Crippen LogP contribution in [0, 0.1) is 44.3 Å². The maximum Gasteiger partial charge on any atom is 0.0594 e. The van der Waals surface area contributed by atoms with Gasteiger partial charge < -0.3 is 5.11 Å². The molecule has 0 aromatic carbocycles. The first-order chi connectivity index (χ1) is 14.2. The van der Waals surface area contributed by atoms with Gasteiger partial charge in [0.25, 0.3) is 0 Å². The monoisotopic (exact) mass is 426 g/mol. The summed E-state index contributed by atoms with van der Waals surface area (Å²) in [6.45, 7) is 20.5. The van der Waals surface area contributed by atoms with E-state index in [9.17, 15) is 5.11 Å². The van der Waals surface area contributed by atoms with Gasteiger partial charge >= 0.3 is 0 Å². The molecule has 0 aliphatic heterocycles. The number of allylic oxidation sites excluding steroid dienone is 2. The molecule has 0 aromatic rings. The van der Waals surface area contributed by atoms with E-state index in [2.05, 4.69) is 55.4 Å². The zero-order chi connectivity index (χ0) is 22.7. The van der Waals surface area contributed by atoms with Crippen LogP contribution in [0.4, 0.5) is 0 Å². The maximum absolute atomic E-state index is 10.9. The molecule has 5 rings (SSSR count). The summed E-state index contributed by atoms with van der Waals surface area (Å²) in [5.41, 5.74) is 6.02. The third-order valence-corrected chi connectivity index (χ3v) is 13.0. The number of rotatable bonds is 0. The van der Waals surface area contributed by atoms with Gasteiger partial charge in [0.15, 0.2) is 0 Å². The van der Waals surface area contributed by atoms with Gasteiger partial charge in [-0.1, -0.05) is 66.5 Å². The average molecular weight is 427 g/mol. The van der Waals surface area contributed by atoms with E-state index in [1.807, 2.05) is 11.1 Å². The molecule has 0 amide bonds. The van der Waals surface area contributed by atoms with E-state index < -0.39 is 0 Å². The molecule has 1 nitrogen and oxygen atoms in total. The molecule has 0 bridgehead atoms. The molecule has 1 N–H and O–H groups in total. The molecule has 5 aliphatic rings. The summed E-state index contributed by atoms with van der Waals surface area (Å²) in [7, 11) is 0. The highest BCUT2D eigenvalue weighted by molar-refractivity contribution is 5.38. The molecule has 0 radical (unpaired) electrons. The van der Waals surface area contributed by atoms with Gasteiger partial charge in [-0.3, -0.25) is 0 Å². The van der Waals surface area contributed by atoms with Crippen LogP contribution < -0.4 is 0 Å². The van der Waals surface area contributed by atoms with Crippen molar-refractivity contribution in [3.63, 3.8) is 0 Å². The fraction of sp³-hybridized carbons (Fsp3) is 0.933. The molecule has 0 spiro atoms. The lowest BCUT2D eigenvalue weighted by molar-refractivity contribution is -0.154. The topological polar surface area (TPSA) is 20.2 Å². The van der Waals surface area contributed by atoms with Gasteiger partial charge in [-0.15, -0.1) is 0 Å². The van der Waals surface area contributed by atoms with Crippen molar-refractivity contribution in [1.29, 1.82) is 0 Å². The van der Waals surface area contributed by atoms with E-state index in [0.717, 1.165) is 12.3 Å². The Bertz CT molecular complexity index is 803. The van der Waals surface area contributed by atoms with E-state index >= 15 is 0 Å². The molecule has 3 fully saturated rings. The summed E-state index contributed by atoms with van der Waals surface area (Å²) in [4.78, 5) is 0. The Hall–Kier alpha value is -0.300. The van der Waals surface area contributed by atoms with Gasteiger partial charge in [0.1, 0.15) is 0 Å². The molecule has 7 atom stereocenters. The Kier molecular flexibility index (Phi) is 4.66. The third kappa shape index (κ3) is 2.77. The second-order valence-corrected chi connectivity index (χ2v) is 15.2. The summed E-state index contributed by atoms with van der Waals surface area (Å²) in [5.74, 6) is 1.50. The normalized spacial score (nSPS) is 53.1. The Labute approximate surface area is 192 Å². The molecule has 0 heterocycles. The van der Waals surface area contributed by atoms with Crippen LogP contribution in [0.15, 0.2) is 11.1 Å². The Morgan fingerprint density at radius 2 is 1.35 bits per heavy atom. The lowest BCUT2D eigenvalue weighted by Gasteiger charge is -2.69. The first-order valence-corrected chi connectivity index (χ1v) is 13.6. The van der Waals surface area contributed by atoms with Crippen molar-refractivity contribution in [3.8, 4) is 0 Å². The van der Waals surface area contributed by atoms with Crippen molar-refractivity contribution in [2.75, 3.05) is 0 Å². The van der Waals surface area contributed by atoms with Gasteiger partial charge in [-0.25, -0.2) is 0 Å². The highest BCUT2D eigenvalue weighted by Gasteiger charge is 2.65. The van der Waals surface area contributed by atoms with Crippen LogP contribution in [-0.2, 0) is 0 Å². The van der Waals surface area contributed by atoms with Crippen molar-refractivity contribution in [2.24, 2.45) is 44.3 Å². The minimum absolute atomic E-state index is 0.0473. The molecule has 31 heavy (non-hydrogen) atoms. The fourth-order valence-corrected chi connectivity index (χ4v) is 10.4. The molecule has 0 unspecified atom stereocenters. The largest absolute Gasteiger partial charge is 0.393 e. The fourth-order valence-electron chi connectivity index (χ4n) is 10.4.